The second kappa shape index (κ2) is 7.67. The Morgan fingerprint density at radius 1 is 1.08 bits per heavy atom. The number of guanidine groups is 1. The van der Waals surface area contributed by atoms with Crippen LogP contribution in [0.1, 0.15) is 16.7 Å². The maximum atomic E-state index is 12.0. The first-order valence-corrected chi connectivity index (χ1v) is 9.29. The molecule has 0 aliphatic heterocycles. The van der Waals surface area contributed by atoms with Gasteiger partial charge in [-0.1, -0.05) is 18.2 Å². The Hall–Kier alpha value is -2.38. The van der Waals surface area contributed by atoms with Crippen LogP contribution >= 0.6 is 0 Å². The van der Waals surface area contributed by atoms with Gasteiger partial charge >= 0.3 is 0 Å². The molecule has 25 heavy (non-hydrogen) atoms. The molecule has 0 aliphatic rings. The lowest BCUT2D eigenvalue weighted by Crippen LogP contribution is -2.23. The van der Waals surface area contributed by atoms with Crippen molar-refractivity contribution in [2.24, 2.45) is 10.7 Å². The quantitative estimate of drug-likeness (QED) is 0.633. The van der Waals surface area contributed by atoms with Gasteiger partial charge in [0, 0.05) is 19.8 Å². The third kappa shape index (κ3) is 5.04. The summed E-state index contributed by atoms with van der Waals surface area (Å²) in [4.78, 5) is 4.56. The lowest BCUT2D eigenvalue weighted by molar-refractivity contribution is 0.520. The first-order valence-electron chi connectivity index (χ1n) is 7.85. The molecule has 0 bridgehead atoms. The average molecular weight is 360 g/mol. The van der Waals surface area contributed by atoms with Crippen LogP contribution < -0.4 is 11.1 Å². The van der Waals surface area contributed by atoms with Crippen molar-refractivity contribution in [1.82, 2.24) is 4.31 Å². The molecule has 2 rings (SSSR count). The smallest absolute Gasteiger partial charge is 0.242 e. The van der Waals surface area contributed by atoms with Crippen molar-refractivity contribution in [3.63, 3.8) is 0 Å². The number of aryl methyl sites for hydroxylation is 2. The van der Waals surface area contributed by atoms with Crippen LogP contribution in [0, 0.1) is 13.8 Å². The fourth-order valence-electron chi connectivity index (χ4n) is 2.39. The zero-order valence-corrected chi connectivity index (χ0v) is 15.8. The summed E-state index contributed by atoms with van der Waals surface area (Å²) in [5.41, 5.74) is 9.99. The van der Waals surface area contributed by atoms with Crippen LogP contribution in [0.15, 0.2) is 52.4 Å². The third-order valence-electron chi connectivity index (χ3n) is 3.63. The number of aliphatic imine (C=N–C) groups is 1. The molecule has 0 saturated carbocycles. The van der Waals surface area contributed by atoms with E-state index in [4.69, 9.17) is 5.73 Å². The van der Waals surface area contributed by atoms with Crippen molar-refractivity contribution >= 4 is 21.7 Å². The van der Waals surface area contributed by atoms with Crippen molar-refractivity contribution in [3.05, 3.63) is 59.2 Å². The molecule has 0 amide bonds. The molecule has 0 aromatic heterocycles. The van der Waals surface area contributed by atoms with Gasteiger partial charge in [0.2, 0.25) is 10.0 Å². The van der Waals surface area contributed by atoms with Crippen LogP contribution in [0.2, 0.25) is 0 Å². The molecule has 0 fully saturated rings. The van der Waals surface area contributed by atoms with Crippen molar-refractivity contribution in [2.45, 2.75) is 25.3 Å². The number of anilines is 1. The van der Waals surface area contributed by atoms with E-state index in [0.717, 1.165) is 22.4 Å². The number of hydrogen-bond donors (Lipinski definition) is 2. The maximum absolute atomic E-state index is 12.0. The van der Waals surface area contributed by atoms with E-state index in [1.165, 1.54) is 18.4 Å². The summed E-state index contributed by atoms with van der Waals surface area (Å²) >= 11 is 0. The number of nitrogens with one attached hydrogen (secondary N) is 1. The predicted molar refractivity (Wildman–Crippen MR) is 102 cm³/mol. The molecule has 2 aromatic rings. The SMILES string of the molecule is Cc1cc(C)cc(NC(N)=NCc2ccc(S(=O)(=O)N(C)C)cc2)c1. The van der Waals surface area contributed by atoms with Crippen LogP contribution in [-0.2, 0) is 16.6 Å². The summed E-state index contributed by atoms with van der Waals surface area (Å²) in [5, 5.41) is 3.07. The summed E-state index contributed by atoms with van der Waals surface area (Å²) in [7, 11) is -0.400. The van der Waals surface area contributed by atoms with Crippen LogP contribution in [0.4, 0.5) is 5.69 Å². The van der Waals surface area contributed by atoms with Crippen molar-refractivity contribution in [2.75, 3.05) is 19.4 Å². The molecular formula is C18H24N4O2S. The molecule has 6 nitrogen and oxygen atoms in total. The van der Waals surface area contributed by atoms with Crippen LogP contribution in [0.5, 0.6) is 0 Å². The zero-order chi connectivity index (χ0) is 18.6. The highest BCUT2D eigenvalue weighted by Gasteiger charge is 2.16. The molecule has 134 valence electrons. The third-order valence-corrected chi connectivity index (χ3v) is 5.46. The number of nitrogens with zero attached hydrogens (tertiary/aromatic N) is 2. The van der Waals surface area contributed by atoms with Crippen molar-refractivity contribution in [3.8, 4) is 0 Å². The van der Waals surface area contributed by atoms with Gasteiger partial charge in [0.25, 0.3) is 0 Å². The van der Waals surface area contributed by atoms with Crippen molar-refractivity contribution in [1.29, 1.82) is 0 Å². The average Bonchev–Trinajstić information content (AvgIpc) is 2.52. The van der Waals surface area contributed by atoms with Crippen LogP contribution in [0.25, 0.3) is 0 Å². The fraction of sp³-hybridized carbons (Fsp3) is 0.278. The van der Waals surface area contributed by atoms with E-state index < -0.39 is 10.0 Å². The molecule has 2 aromatic carbocycles. The van der Waals surface area contributed by atoms with Gasteiger partial charge in [0.15, 0.2) is 5.96 Å². The predicted octanol–water partition coefficient (Wildman–Crippen LogP) is 2.48. The van der Waals surface area contributed by atoms with Gasteiger partial charge in [-0.15, -0.1) is 0 Å². The van der Waals surface area contributed by atoms with Gasteiger partial charge in [-0.05, 0) is 54.8 Å². The maximum Gasteiger partial charge on any atom is 0.242 e. The summed E-state index contributed by atoms with van der Waals surface area (Å²) < 4.78 is 25.3. The Morgan fingerprint density at radius 2 is 1.64 bits per heavy atom. The van der Waals surface area contributed by atoms with Crippen LogP contribution in [0.3, 0.4) is 0 Å². The molecule has 7 heteroatoms. The Labute approximate surface area is 149 Å². The fourth-order valence-corrected chi connectivity index (χ4v) is 3.29. The van der Waals surface area contributed by atoms with Gasteiger partial charge in [0.05, 0.1) is 11.4 Å². The lowest BCUT2D eigenvalue weighted by Gasteiger charge is -2.11. The molecule has 0 aliphatic carbocycles. The van der Waals surface area contributed by atoms with E-state index in [0.29, 0.717) is 12.5 Å². The number of rotatable bonds is 5. The van der Waals surface area contributed by atoms with E-state index in [-0.39, 0.29) is 4.90 Å². The summed E-state index contributed by atoms with van der Waals surface area (Å²) in [6, 6.07) is 12.7. The first-order chi connectivity index (χ1) is 11.7. The summed E-state index contributed by atoms with van der Waals surface area (Å²) in [5.74, 6) is 0.315. The zero-order valence-electron chi connectivity index (χ0n) is 14.9. The Balaban J connectivity index is 2.06. The molecule has 3 N–H and O–H groups in total. The van der Waals surface area contributed by atoms with E-state index in [2.05, 4.69) is 16.4 Å². The van der Waals surface area contributed by atoms with E-state index in [1.54, 1.807) is 24.3 Å². The van der Waals surface area contributed by atoms with Gasteiger partial charge in [-0.2, -0.15) is 0 Å². The molecule has 0 heterocycles. The molecular weight excluding hydrogens is 336 g/mol. The minimum atomic E-state index is -3.41. The molecule has 0 radical (unpaired) electrons. The molecule has 0 saturated heterocycles. The second-order valence-corrected chi connectivity index (χ2v) is 8.29. The number of nitrogens with two attached hydrogens (primary N) is 1. The topological polar surface area (TPSA) is 87.8 Å². The highest BCUT2D eigenvalue weighted by molar-refractivity contribution is 7.89. The highest BCUT2D eigenvalue weighted by Crippen LogP contribution is 2.15. The van der Waals surface area contributed by atoms with Gasteiger partial charge in [0.1, 0.15) is 0 Å². The van der Waals surface area contributed by atoms with Gasteiger partial charge in [-0.25, -0.2) is 17.7 Å². The Bertz CT molecular complexity index is 852. The van der Waals surface area contributed by atoms with Gasteiger partial charge in [-0.3, -0.25) is 0 Å². The highest BCUT2D eigenvalue weighted by atomic mass is 32.2. The standard InChI is InChI=1S/C18H24N4O2S/c1-13-9-14(2)11-16(10-13)21-18(19)20-12-15-5-7-17(8-6-15)25(23,24)22(3)4/h5-11H,12H2,1-4H3,(H3,19,20,21). The molecule has 0 spiro atoms. The van der Waals surface area contributed by atoms with E-state index in [1.807, 2.05) is 26.0 Å². The Kier molecular flexibility index (Phi) is 5.81. The normalized spacial score (nSPS) is 12.4. The molecule has 0 atom stereocenters. The summed E-state index contributed by atoms with van der Waals surface area (Å²) in [6.45, 7) is 4.41. The second-order valence-electron chi connectivity index (χ2n) is 6.13. The van der Waals surface area contributed by atoms with Crippen LogP contribution in [-0.4, -0.2) is 32.8 Å². The first kappa shape index (κ1) is 19.0. The Morgan fingerprint density at radius 3 is 2.16 bits per heavy atom. The van der Waals surface area contributed by atoms with Crippen molar-refractivity contribution < 1.29 is 8.42 Å². The number of sulfonamides is 1. The number of hydrogen-bond acceptors (Lipinski definition) is 3. The molecule has 0 unspecified atom stereocenters. The summed E-state index contributed by atoms with van der Waals surface area (Å²) in [6.07, 6.45) is 0. The largest absolute Gasteiger partial charge is 0.370 e. The lowest BCUT2D eigenvalue weighted by atomic mass is 10.1. The van der Waals surface area contributed by atoms with Gasteiger partial charge < -0.3 is 11.1 Å². The minimum Gasteiger partial charge on any atom is -0.370 e. The number of benzene rings is 2. The van der Waals surface area contributed by atoms with E-state index in [9.17, 15) is 8.42 Å². The minimum absolute atomic E-state index is 0.256. The van der Waals surface area contributed by atoms with E-state index >= 15 is 0 Å². The monoisotopic (exact) mass is 360 g/mol.